The van der Waals surface area contributed by atoms with Crippen LogP contribution >= 0.6 is 23.5 Å². The van der Waals surface area contributed by atoms with Crippen molar-refractivity contribution < 1.29 is 88.1 Å². The van der Waals surface area contributed by atoms with Gasteiger partial charge in [0.25, 0.3) is 5.92 Å². The lowest BCUT2D eigenvalue weighted by Gasteiger charge is -2.39. The van der Waals surface area contributed by atoms with E-state index in [9.17, 15) is 55.5 Å². The lowest BCUT2D eigenvalue weighted by Crippen LogP contribution is -2.55. The molecule has 1 aromatic rings. The first kappa shape index (κ1) is 34.7. The molecule has 6 atom stereocenters. The van der Waals surface area contributed by atoms with Gasteiger partial charge in [0.2, 0.25) is 0 Å². The summed E-state index contributed by atoms with van der Waals surface area (Å²) in [6.07, 6.45) is -13.6. The highest BCUT2D eigenvalue weighted by atomic mass is 31.3. The second kappa shape index (κ2) is 12.3. The zero-order valence-electron chi connectivity index (χ0n) is 20.5. The molecule has 1 fully saturated rings. The van der Waals surface area contributed by atoms with Crippen molar-refractivity contribution in [1.29, 1.82) is 0 Å². The largest absolute Gasteiger partial charge is 0.490 e. The van der Waals surface area contributed by atoms with Gasteiger partial charge < -0.3 is 39.4 Å². The molecule has 2 aliphatic heterocycles. The van der Waals surface area contributed by atoms with E-state index in [4.69, 9.17) is 19.4 Å². The molecule has 2 amide bonds. The number of alkyl halides is 5. The third-order valence-electron chi connectivity index (χ3n) is 5.53. The zero-order chi connectivity index (χ0) is 31.9. The molecule has 0 bridgehead atoms. The van der Waals surface area contributed by atoms with E-state index < -0.39 is 97.0 Å². The number of hydrogen-bond acceptors (Lipinski definition) is 10. The van der Waals surface area contributed by atoms with Crippen molar-refractivity contribution in [3.8, 4) is 0 Å². The molecule has 0 saturated carbocycles. The molecule has 24 heteroatoms. The molecule has 2 heterocycles. The first-order valence-corrected chi connectivity index (χ1v) is 15.6. The predicted octanol–water partition coefficient (Wildman–Crippen LogP) is 1.75. The summed E-state index contributed by atoms with van der Waals surface area (Å²) in [6.45, 7) is -4.20. The second-order valence-corrected chi connectivity index (χ2v) is 13.1. The van der Waals surface area contributed by atoms with E-state index in [0.717, 1.165) is 12.1 Å². The van der Waals surface area contributed by atoms with Crippen molar-refractivity contribution in [3.63, 3.8) is 0 Å². The van der Waals surface area contributed by atoms with Gasteiger partial charge >= 0.3 is 35.7 Å². The summed E-state index contributed by atoms with van der Waals surface area (Å²) < 4.78 is 121. The summed E-state index contributed by atoms with van der Waals surface area (Å²) in [6, 6.07) is 4.33. The molecule has 1 saturated heterocycles. The topological polar surface area (TPSA) is 233 Å². The number of hydrogen-bond donors (Lipinski definition) is 6. The molecular formula is C18H22F5N2O14P3. The van der Waals surface area contributed by atoms with Gasteiger partial charge in [0.05, 0.1) is 25.3 Å². The van der Waals surface area contributed by atoms with Gasteiger partial charge in [-0.05, 0) is 0 Å². The summed E-state index contributed by atoms with van der Waals surface area (Å²) in [4.78, 5) is 49.0. The molecule has 0 aromatic heterocycles. The lowest BCUT2D eigenvalue weighted by atomic mass is 10.1. The zero-order valence-corrected chi connectivity index (χ0v) is 23.2. The van der Waals surface area contributed by atoms with Gasteiger partial charge in [-0.1, -0.05) is 30.3 Å². The fourth-order valence-corrected chi connectivity index (χ4v) is 6.78. The number of nitrogens with zero attached hydrogens (tertiary/aromatic N) is 2. The van der Waals surface area contributed by atoms with Crippen LogP contribution < -0.4 is 0 Å². The number of benzene rings is 1. The molecule has 2 aliphatic rings. The van der Waals surface area contributed by atoms with Crippen LogP contribution in [0.3, 0.4) is 0 Å². The number of phosphoric acid groups is 3. The van der Waals surface area contributed by atoms with Gasteiger partial charge in [-0.2, -0.15) is 30.6 Å². The highest BCUT2D eigenvalue weighted by Crippen LogP contribution is 2.66. The fraction of sp³-hybridized carbons (Fsp3) is 0.500. The molecule has 42 heavy (non-hydrogen) atoms. The summed E-state index contributed by atoms with van der Waals surface area (Å²) in [5, 5.41) is 20.6. The smallest absolute Gasteiger partial charge is 0.387 e. The van der Waals surface area contributed by atoms with Crippen molar-refractivity contribution in [2.45, 2.75) is 36.6 Å². The van der Waals surface area contributed by atoms with Gasteiger partial charge in [-0.25, -0.2) is 18.5 Å². The van der Waals surface area contributed by atoms with E-state index in [1.165, 1.54) is 18.2 Å². The van der Waals surface area contributed by atoms with Crippen molar-refractivity contribution in [3.05, 3.63) is 47.7 Å². The molecule has 0 spiro atoms. The Balaban J connectivity index is 1.79. The van der Waals surface area contributed by atoms with Crippen molar-refractivity contribution in [1.82, 2.24) is 9.80 Å². The third-order valence-corrected chi connectivity index (χ3v) is 9.33. The Labute approximate surface area is 231 Å². The molecule has 0 radical (unpaired) electrons. The van der Waals surface area contributed by atoms with Crippen LogP contribution in [-0.4, -0.2) is 96.0 Å². The monoisotopic (exact) mass is 678 g/mol. The first-order chi connectivity index (χ1) is 19.0. The van der Waals surface area contributed by atoms with Gasteiger partial charge in [0.15, 0.2) is 6.23 Å². The van der Waals surface area contributed by atoms with Gasteiger partial charge in [0.1, 0.15) is 18.3 Å². The van der Waals surface area contributed by atoms with Gasteiger partial charge in [-0.3, -0.25) is 9.42 Å². The molecule has 1 aromatic carbocycles. The van der Waals surface area contributed by atoms with E-state index in [1.54, 1.807) is 0 Å². The fourth-order valence-electron chi connectivity index (χ4n) is 3.75. The molecule has 6 N–H and O–H groups in total. The molecule has 2 unspecified atom stereocenters. The minimum atomic E-state index is -5.92. The standard InChI is InChI=1S/C18H22F5N2O14P3/c19-17(20,10-4-2-1-3-5-10)9-24-6-11(18(21,22)23)7-25(16(24)28)15-14(27)13(26)12(37-15)8-36-41(32,33)39-42(34,35)38-40(29,30)31/h1-5,7,12-15,26-27H,6,8-9H2,(H,32,33)(H,34,35)(H2,29,30,31)/t12-,13+,14+,15-/m1/s1. The van der Waals surface area contributed by atoms with E-state index in [2.05, 4.69) is 13.1 Å². The summed E-state index contributed by atoms with van der Waals surface area (Å²) in [5.74, 6) is -3.83. The average molecular weight is 678 g/mol. The van der Waals surface area contributed by atoms with Crippen molar-refractivity contribution in [2.24, 2.45) is 0 Å². The maximum absolute atomic E-state index is 14.9. The number of rotatable bonds is 11. The molecular weight excluding hydrogens is 656 g/mol. The normalized spacial score (nSPS) is 27.0. The Morgan fingerprint density at radius 2 is 1.52 bits per heavy atom. The molecule has 0 aliphatic carbocycles. The minimum absolute atomic E-state index is 0.0755. The second-order valence-electron chi connectivity index (χ2n) is 8.70. The number of carbonyl (C=O) groups is 1. The van der Waals surface area contributed by atoms with Crippen LogP contribution in [0.2, 0.25) is 0 Å². The number of carbonyl (C=O) groups excluding carboxylic acids is 1. The molecule has 238 valence electrons. The third kappa shape index (κ3) is 8.86. The van der Waals surface area contributed by atoms with Crippen LogP contribution in [0.15, 0.2) is 42.1 Å². The summed E-state index contributed by atoms with van der Waals surface area (Å²) in [5.41, 5.74) is -2.14. The number of ether oxygens (including phenoxy) is 1. The predicted molar refractivity (Wildman–Crippen MR) is 124 cm³/mol. The Bertz CT molecular complexity index is 1330. The SMILES string of the molecule is O=C1N(CC(F)(F)c2ccccc2)CC(C(F)(F)F)=CN1[C@@H]1O[C@H](COP(=O)(O)OP(=O)(O)OP(=O)(O)O)[C@H](O)[C@@H]1O. The van der Waals surface area contributed by atoms with Crippen LogP contribution in [0, 0.1) is 0 Å². The van der Waals surface area contributed by atoms with E-state index in [0.29, 0.717) is 0 Å². The minimum Gasteiger partial charge on any atom is -0.387 e. The number of phosphoric ester groups is 1. The van der Waals surface area contributed by atoms with Crippen LogP contribution in [0.5, 0.6) is 0 Å². The van der Waals surface area contributed by atoms with E-state index in [-0.39, 0.29) is 16.0 Å². The summed E-state index contributed by atoms with van der Waals surface area (Å²) in [7, 11) is -17.4. The number of aliphatic hydroxyl groups excluding tert-OH is 2. The molecule has 16 nitrogen and oxygen atoms in total. The number of halogens is 5. The Kier molecular flexibility index (Phi) is 10.1. The maximum atomic E-state index is 14.9. The van der Waals surface area contributed by atoms with Crippen LogP contribution in [0.1, 0.15) is 5.56 Å². The number of amides is 2. The maximum Gasteiger partial charge on any atom is 0.490 e. The Hall–Kier alpha value is -1.83. The van der Waals surface area contributed by atoms with Crippen LogP contribution in [-0.2, 0) is 37.5 Å². The highest BCUT2D eigenvalue weighted by Gasteiger charge is 2.52. The molecule has 3 rings (SSSR count). The quantitative estimate of drug-likeness (QED) is 0.145. The average Bonchev–Trinajstić information content (AvgIpc) is 3.10. The Morgan fingerprint density at radius 3 is 2.07 bits per heavy atom. The number of urea groups is 1. The highest BCUT2D eigenvalue weighted by molar-refractivity contribution is 7.66. The van der Waals surface area contributed by atoms with Gasteiger partial charge in [0, 0.05) is 11.8 Å². The Morgan fingerprint density at radius 1 is 0.929 bits per heavy atom. The van der Waals surface area contributed by atoms with Crippen LogP contribution in [0.25, 0.3) is 0 Å². The number of aliphatic hydroxyl groups is 2. The lowest BCUT2D eigenvalue weighted by molar-refractivity contribution is -0.109. The van der Waals surface area contributed by atoms with Crippen molar-refractivity contribution in [2.75, 3.05) is 19.7 Å². The summed E-state index contributed by atoms with van der Waals surface area (Å²) >= 11 is 0. The van der Waals surface area contributed by atoms with Crippen LogP contribution in [0.4, 0.5) is 26.7 Å². The van der Waals surface area contributed by atoms with Crippen molar-refractivity contribution >= 4 is 29.5 Å². The van der Waals surface area contributed by atoms with Gasteiger partial charge in [-0.15, -0.1) is 0 Å². The van der Waals surface area contributed by atoms with E-state index in [1.807, 2.05) is 0 Å². The van der Waals surface area contributed by atoms with E-state index >= 15 is 0 Å². The first-order valence-electron chi connectivity index (χ1n) is 11.1.